The minimum absolute atomic E-state index is 0.286. The number of nitrogens with two attached hydrogens (primary N) is 1. The third kappa shape index (κ3) is 3.44. The van der Waals surface area contributed by atoms with Gasteiger partial charge in [-0.3, -0.25) is 5.43 Å². The van der Waals surface area contributed by atoms with E-state index in [1.165, 1.54) is 26.4 Å². The third-order valence-corrected chi connectivity index (χ3v) is 3.62. The Labute approximate surface area is 113 Å². The number of nitrogen functional groups attached to an aromatic ring is 1. The molecule has 3 N–H and O–H groups in total. The molecule has 1 atom stereocenters. The highest BCUT2D eigenvalue weighted by Crippen LogP contribution is 2.23. The van der Waals surface area contributed by atoms with E-state index in [0.717, 1.165) is 25.4 Å². The van der Waals surface area contributed by atoms with Crippen molar-refractivity contribution in [1.82, 2.24) is 15.0 Å². The first-order chi connectivity index (χ1) is 9.26. The van der Waals surface area contributed by atoms with Crippen LogP contribution in [-0.2, 0) is 0 Å². The Morgan fingerprint density at radius 3 is 2.84 bits per heavy atom. The molecule has 2 rings (SSSR count). The van der Waals surface area contributed by atoms with Gasteiger partial charge in [0.25, 0.3) is 0 Å². The molecule has 1 aromatic rings. The Hall–Kier alpha value is -1.63. The van der Waals surface area contributed by atoms with Crippen LogP contribution in [0.1, 0.15) is 32.6 Å². The number of hydrazine groups is 1. The molecule has 0 radical (unpaired) electrons. The first-order valence-corrected chi connectivity index (χ1v) is 6.78. The molecule has 19 heavy (non-hydrogen) atoms. The number of aromatic nitrogens is 3. The fourth-order valence-corrected chi connectivity index (χ4v) is 2.42. The third-order valence-electron chi connectivity index (χ3n) is 3.62. The Morgan fingerprint density at radius 2 is 2.16 bits per heavy atom. The summed E-state index contributed by atoms with van der Waals surface area (Å²) in [6.45, 7) is 4.19. The lowest BCUT2D eigenvalue weighted by molar-refractivity contribution is 0.378. The monoisotopic (exact) mass is 266 g/mol. The smallest absolute Gasteiger partial charge is 0.322 e. The molecular weight excluding hydrogens is 244 g/mol. The molecule has 1 saturated heterocycles. The largest absolute Gasteiger partial charge is 0.467 e. The summed E-state index contributed by atoms with van der Waals surface area (Å²) in [5, 5.41) is 0. The molecule has 1 fully saturated rings. The minimum Gasteiger partial charge on any atom is -0.467 e. The van der Waals surface area contributed by atoms with Gasteiger partial charge in [-0.25, -0.2) is 5.84 Å². The maximum Gasteiger partial charge on any atom is 0.322 e. The fourth-order valence-electron chi connectivity index (χ4n) is 2.42. The summed E-state index contributed by atoms with van der Waals surface area (Å²) in [4.78, 5) is 14.8. The van der Waals surface area contributed by atoms with Crippen molar-refractivity contribution in [3.05, 3.63) is 0 Å². The highest BCUT2D eigenvalue weighted by atomic mass is 16.5. The molecule has 1 unspecified atom stereocenters. The molecule has 7 heteroatoms. The van der Waals surface area contributed by atoms with Crippen LogP contribution in [0.25, 0.3) is 0 Å². The van der Waals surface area contributed by atoms with Gasteiger partial charge >= 0.3 is 6.01 Å². The Balaban J connectivity index is 2.16. The number of rotatable bonds is 4. The van der Waals surface area contributed by atoms with Gasteiger partial charge in [-0.05, 0) is 25.2 Å². The number of nitrogens with zero attached hydrogens (tertiary/aromatic N) is 4. The molecule has 1 aliphatic heterocycles. The van der Waals surface area contributed by atoms with Gasteiger partial charge in [-0.15, -0.1) is 0 Å². The van der Waals surface area contributed by atoms with Gasteiger partial charge in [-0.2, -0.15) is 15.0 Å². The Morgan fingerprint density at radius 1 is 1.32 bits per heavy atom. The van der Waals surface area contributed by atoms with Crippen molar-refractivity contribution in [2.45, 2.75) is 32.6 Å². The van der Waals surface area contributed by atoms with Crippen LogP contribution in [0.4, 0.5) is 11.9 Å². The second kappa shape index (κ2) is 6.51. The molecule has 0 amide bonds. The zero-order valence-corrected chi connectivity index (χ0v) is 11.6. The van der Waals surface area contributed by atoms with E-state index >= 15 is 0 Å². The zero-order valence-electron chi connectivity index (χ0n) is 11.6. The lowest BCUT2D eigenvalue weighted by Crippen LogP contribution is -2.27. The summed E-state index contributed by atoms with van der Waals surface area (Å²) >= 11 is 0. The molecule has 1 aromatic heterocycles. The average molecular weight is 266 g/mol. The van der Waals surface area contributed by atoms with Crippen LogP contribution >= 0.6 is 0 Å². The summed E-state index contributed by atoms with van der Waals surface area (Å²) in [6.07, 6.45) is 4.86. The summed E-state index contributed by atoms with van der Waals surface area (Å²) in [6, 6.07) is 0.286. The maximum absolute atomic E-state index is 5.37. The normalized spacial score (nSPS) is 19.9. The number of anilines is 2. The highest BCUT2D eigenvalue weighted by molar-refractivity contribution is 5.37. The van der Waals surface area contributed by atoms with Gasteiger partial charge in [0.1, 0.15) is 0 Å². The molecule has 1 aliphatic rings. The molecule has 0 spiro atoms. The molecule has 0 aromatic carbocycles. The zero-order chi connectivity index (χ0) is 13.7. The van der Waals surface area contributed by atoms with Crippen molar-refractivity contribution < 1.29 is 4.74 Å². The van der Waals surface area contributed by atoms with Gasteiger partial charge in [0.15, 0.2) is 0 Å². The van der Waals surface area contributed by atoms with E-state index < -0.39 is 0 Å². The van der Waals surface area contributed by atoms with E-state index in [2.05, 4.69) is 32.2 Å². The molecule has 0 saturated carbocycles. The lowest BCUT2D eigenvalue weighted by atomic mass is 9.98. The van der Waals surface area contributed by atoms with E-state index in [1.807, 2.05) is 0 Å². The minimum atomic E-state index is 0.286. The lowest BCUT2D eigenvalue weighted by Gasteiger charge is -2.20. The molecule has 0 bridgehead atoms. The van der Waals surface area contributed by atoms with Gasteiger partial charge < -0.3 is 9.64 Å². The van der Waals surface area contributed by atoms with Crippen molar-refractivity contribution in [2.75, 3.05) is 30.5 Å². The number of nitrogens with one attached hydrogen (secondary N) is 1. The number of ether oxygens (including phenoxy) is 1. The van der Waals surface area contributed by atoms with Crippen molar-refractivity contribution in [3.63, 3.8) is 0 Å². The van der Waals surface area contributed by atoms with E-state index in [4.69, 9.17) is 10.6 Å². The second-order valence-corrected chi connectivity index (χ2v) is 4.78. The van der Waals surface area contributed by atoms with Crippen LogP contribution in [0.3, 0.4) is 0 Å². The SMILES string of the molecule is CCC1CCCN(c2nc(NN)nc(OC)n2)CC1. The quantitative estimate of drug-likeness (QED) is 0.624. The van der Waals surface area contributed by atoms with Crippen molar-refractivity contribution in [1.29, 1.82) is 0 Å². The van der Waals surface area contributed by atoms with E-state index in [9.17, 15) is 0 Å². The van der Waals surface area contributed by atoms with Crippen LogP contribution in [0.5, 0.6) is 6.01 Å². The van der Waals surface area contributed by atoms with E-state index in [0.29, 0.717) is 11.9 Å². The fraction of sp³-hybridized carbons (Fsp3) is 0.750. The van der Waals surface area contributed by atoms with Crippen LogP contribution in [0.2, 0.25) is 0 Å². The topological polar surface area (TPSA) is 89.2 Å². The second-order valence-electron chi connectivity index (χ2n) is 4.78. The predicted octanol–water partition coefficient (Wildman–Crippen LogP) is 1.18. The van der Waals surface area contributed by atoms with Crippen molar-refractivity contribution >= 4 is 11.9 Å². The summed E-state index contributed by atoms with van der Waals surface area (Å²) in [5.74, 6) is 7.14. The van der Waals surface area contributed by atoms with Crippen LogP contribution < -0.4 is 20.9 Å². The first-order valence-electron chi connectivity index (χ1n) is 6.78. The van der Waals surface area contributed by atoms with Crippen LogP contribution in [-0.4, -0.2) is 35.2 Å². The van der Waals surface area contributed by atoms with Crippen molar-refractivity contribution in [3.8, 4) is 6.01 Å². The first kappa shape index (κ1) is 13.8. The predicted molar refractivity (Wildman–Crippen MR) is 74.0 cm³/mol. The highest BCUT2D eigenvalue weighted by Gasteiger charge is 2.19. The van der Waals surface area contributed by atoms with Crippen molar-refractivity contribution in [2.24, 2.45) is 11.8 Å². The summed E-state index contributed by atoms with van der Waals surface area (Å²) in [7, 11) is 1.54. The number of methoxy groups -OCH3 is 1. The Bertz CT molecular complexity index is 391. The standard InChI is InChI=1S/C12H22N6O/c1-3-9-5-4-7-18(8-6-9)11-14-10(17-13)15-12(16-11)19-2/h9H,3-8,13H2,1-2H3,(H,14,15,16,17). The van der Waals surface area contributed by atoms with Gasteiger partial charge in [-0.1, -0.05) is 13.3 Å². The number of hydrogen-bond acceptors (Lipinski definition) is 7. The van der Waals surface area contributed by atoms with E-state index in [-0.39, 0.29) is 6.01 Å². The van der Waals surface area contributed by atoms with Gasteiger partial charge in [0.05, 0.1) is 7.11 Å². The molecule has 7 nitrogen and oxygen atoms in total. The van der Waals surface area contributed by atoms with E-state index in [1.54, 1.807) is 0 Å². The Kier molecular flexibility index (Phi) is 4.73. The van der Waals surface area contributed by atoms with Crippen LogP contribution in [0.15, 0.2) is 0 Å². The molecule has 0 aliphatic carbocycles. The molecule has 106 valence electrons. The summed E-state index contributed by atoms with van der Waals surface area (Å²) < 4.78 is 5.08. The molecule has 2 heterocycles. The van der Waals surface area contributed by atoms with Gasteiger partial charge in [0.2, 0.25) is 11.9 Å². The maximum atomic E-state index is 5.37. The summed E-state index contributed by atoms with van der Waals surface area (Å²) in [5.41, 5.74) is 2.45. The average Bonchev–Trinajstić information content (AvgIpc) is 2.72. The van der Waals surface area contributed by atoms with Gasteiger partial charge in [0, 0.05) is 13.1 Å². The molecular formula is C12H22N6O. The van der Waals surface area contributed by atoms with Crippen LogP contribution in [0, 0.1) is 5.92 Å². The number of hydrogen-bond donors (Lipinski definition) is 2.